The summed E-state index contributed by atoms with van der Waals surface area (Å²) in [5.74, 6) is 0.637. The van der Waals surface area contributed by atoms with Gasteiger partial charge in [0.2, 0.25) is 5.91 Å². The summed E-state index contributed by atoms with van der Waals surface area (Å²) < 4.78 is 0. The molecule has 4 aromatic rings. The van der Waals surface area contributed by atoms with Crippen LogP contribution in [0.4, 0.5) is 11.5 Å². The van der Waals surface area contributed by atoms with Crippen molar-refractivity contribution in [3.05, 3.63) is 121 Å². The first-order valence-corrected chi connectivity index (χ1v) is 14.6. The SMILES string of the molecule is C/C(=C\Nc1ccccc1)CC(Nc1cccc(-c2ccccc2)n1)C(=O)NCC1(c2ccccn2)CCCCC1. The number of amides is 1. The van der Waals surface area contributed by atoms with Gasteiger partial charge in [-0.15, -0.1) is 0 Å². The highest BCUT2D eigenvalue weighted by molar-refractivity contribution is 5.85. The lowest BCUT2D eigenvalue weighted by Gasteiger charge is -2.37. The molecule has 0 spiro atoms. The Bertz CT molecular complexity index is 1420. The van der Waals surface area contributed by atoms with E-state index in [-0.39, 0.29) is 11.3 Å². The standard InChI is InChI=1S/C35H39N5O/c1-27(25-37-29-16-7-3-8-17-29)24-31(40-33-20-13-18-30(39-33)28-14-5-2-6-15-28)34(41)38-26-35(21-10-4-11-22-35)32-19-9-12-23-36-32/h2-3,5-9,12-20,23,25,31,37H,4,10-11,21-22,24,26H2,1H3,(H,38,41)(H,39,40)/b27-25+. The lowest BCUT2D eigenvalue weighted by molar-refractivity contribution is -0.122. The summed E-state index contributed by atoms with van der Waals surface area (Å²) in [6.07, 6.45) is 9.95. The van der Waals surface area contributed by atoms with Crippen molar-refractivity contribution >= 4 is 17.4 Å². The predicted octanol–water partition coefficient (Wildman–Crippen LogP) is 7.35. The van der Waals surface area contributed by atoms with Gasteiger partial charge in [-0.1, -0.05) is 85.5 Å². The minimum atomic E-state index is -0.494. The van der Waals surface area contributed by atoms with E-state index in [4.69, 9.17) is 9.97 Å². The second kappa shape index (κ2) is 13.8. The average Bonchev–Trinajstić information content (AvgIpc) is 3.04. The van der Waals surface area contributed by atoms with Crippen LogP contribution in [-0.2, 0) is 10.2 Å². The largest absolute Gasteiger partial charge is 0.362 e. The number of nitrogens with one attached hydrogen (secondary N) is 3. The number of benzene rings is 2. The van der Waals surface area contributed by atoms with Crippen molar-refractivity contribution in [1.29, 1.82) is 0 Å². The van der Waals surface area contributed by atoms with Gasteiger partial charge in [0.05, 0.1) is 5.69 Å². The molecule has 3 N–H and O–H groups in total. The van der Waals surface area contributed by atoms with E-state index in [9.17, 15) is 4.79 Å². The van der Waals surface area contributed by atoms with E-state index in [1.54, 1.807) is 0 Å². The van der Waals surface area contributed by atoms with Gasteiger partial charge < -0.3 is 16.0 Å². The number of nitrogens with zero attached hydrogens (tertiary/aromatic N) is 2. The fourth-order valence-electron chi connectivity index (χ4n) is 5.60. The second-order valence-electron chi connectivity index (χ2n) is 10.9. The van der Waals surface area contributed by atoms with Crippen LogP contribution < -0.4 is 16.0 Å². The van der Waals surface area contributed by atoms with Crippen molar-refractivity contribution in [2.45, 2.75) is 56.9 Å². The van der Waals surface area contributed by atoms with Gasteiger partial charge in [0.15, 0.2) is 0 Å². The number of para-hydroxylation sites is 1. The third-order valence-corrected chi connectivity index (χ3v) is 7.86. The number of anilines is 2. The molecule has 1 aliphatic rings. The summed E-state index contributed by atoms with van der Waals surface area (Å²) in [7, 11) is 0. The molecule has 1 aliphatic carbocycles. The maximum Gasteiger partial charge on any atom is 0.242 e. The van der Waals surface area contributed by atoms with Crippen molar-refractivity contribution in [2.75, 3.05) is 17.2 Å². The number of aromatic nitrogens is 2. The highest BCUT2D eigenvalue weighted by Gasteiger charge is 2.36. The first-order valence-electron chi connectivity index (χ1n) is 14.6. The van der Waals surface area contributed by atoms with Gasteiger partial charge >= 0.3 is 0 Å². The van der Waals surface area contributed by atoms with Crippen molar-refractivity contribution in [2.24, 2.45) is 0 Å². The minimum Gasteiger partial charge on any atom is -0.362 e. The quantitative estimate of drug-likeness (QED) is 0.184. The van der Waals surface area contributed by atoms with Crippen LogP contribution >= 0.6 is 0 Å². The van der Waals surface area contributed by atoms with Crippen LogP contribution in [0, 0.1) is 0 Å². The van der Waals surface area contributed by atoms with Crippen LogP contribution in [0.1, 0.15) is 51.1 Å². The highest BCUT2D eigenvalue weighted by atomic mass is 16.2. The monoisotopic (exact) mass is 545 g/mol. The molecule has 5 rings (SSSR count). The molecule has 1 fully saturated rings. The summed E-state index contributed by atoms with van der Waals surface area (Å²) in [5.41, 5.74) is 4.90. The van der Waals surface area contributed by atoms with Gasteiger partial charge in [-0.05, 0) is 62.6 Å². The fourth-order valence-corrected chi connectivity index (χ4v) is 5.60. The number of hydrogen-bond donors (Lipinski definition) is 3. The first kappa shape index (κ1) is 28.1. The van der Waals surface area contributed by atoms with E-state index < -0.39 is 6.04 Å². The Kier molecular flexibility index (Phi) is 9.42. The zero-order chi connectivity index (χ0) is 28.3. The maximum atomic E-state index is 13.9. The van der Waals surface area contributed by atoms with Crippen LogP contribution in [0.25, 0.3) is 11.3 Å². The zero-order valence-electron chi connectivity index (χ0n) is 23.7. The maximum absolute atomic E-state index is 13.9. The van der Waals surface area contributed by atoms with Crippen molar-refractivity contribution in [3.63, 3.8) is 0 Å². The van der Waals surface area contributed by atoms with Crippen molar-refractivity contribution in [3.8, 4) is 11.3 Å². The molecular weight excluding hydrogens is 506 g/mol. The number of rotatable bonds is 11. The normalized spacial score (nSPS) is 15.5. The Labute approximate surface area is 243 Å². The third-order valence-electron chi connectivity index (χ3n) is 7.86. The first-order chi connectivity index (χ1) is 20.1. The summed E-state index contributed by atoms with van der Waals surface area (Å²) in [5, 5.41) is 10.1. The van der Waals surface area contributed by atoms with Crippen LogP contribution in [0.5, 0.6) is 0 Å². The molecule has 0 aliphatic heterocycles. The number of pyridine rings is 2. The molecule has 1 atom stereocenters. The van der Waals surface area contributed by atoms with E-state index in [0.717, 1.165) is 53.9 Å². The summed E-state index contributed by atoms with van der Waals surface area (Å²) in [6.45, 7) is 2.62. The Morgan fingerprint density at radius 2 is 1.61 bits per heavy atom. The van der Waals surface area contributed by atoms with E-state index in [1.807, 2.05) is 110 Å². The van der Waals surface area contributed by atoms with Crippen LogP contribution in [0.15, 0.2) is 115 Å². The van der Waals surface area contributed by atoms with Crippen LogP contribution in [0.2, 0.25) is 0 Å². The van der Waals surface area contributed by atoms with Gasteiger partial charge in [-0.2, -0.15) is 0 Å². The Morgan fingerprint density at radius 1 is 0.878 bits per heavy atom. The molecule has 1 amide bonds. The molecule has 2 aromatic heterocycles. The van der Waals surface area contributed by atoms with Crippen molar-refractivity contribution < 1.29 is 4.79 Å². The van der Waals surface area contributed by atoms with Crippen LogP contribution in [-0.4, -0.2) is 28.5 Å². The molecule has 210 valence electrons. The smallest absolute Gasteiger partial charge is 0.242 e. The van der Waals surface area contributed by atoms with Gasteiger partial charge in [-0.3, -0.25) is 9.78 Å². The van der Waals surface area contributed by atoms with E-state index >= 15 is 0 Å². The predicted molar refractivity (Wildman–Crippen MR) is 168 cm³/mol. The third kappa shape index (κ3) is 7.60. The lowest BCUT2D eigenvalue weighted by Crippen LogP contribution is -2.47. The number of carbonyl (C=O) groups excluding carboxylic acids is 1. The summed E-state index contributed by atoms with van der Waals surface area (Å²) in [6, 6.07) is 31.6. The Hall–Kier alpha value is -4.45. The van der Waals surface area contributed by atoms with E-state index in [0.29, 0.717) is 18.8 Å². The molecule has 0 bridgehead atoms. The van der Waals surface area contributed by atoms with Crippen LogP contribution in [0.3, 0.4) is 0 Å². The Balaban J connectivity index is 1.35. The van der Waals surface area contributed by atoms with E-state index in [1.165, 1.54) is 6.42 Å². The number of hydrogen-bond acceptors (Lipinski definition) is 5. The van der Waals surface area contributed by atoms with Gasteiger partial charge in [0.25, 0.3) is 0 Å². The summed E-state index contributed by atoms with van der Waals surface area (Å²) >= 11 is 0. The molecule has 2 aromatic carbocycles. The molecule has 1 unspecified atom stereocenters. The average molecular weight is 546 g/mol. The number of carbonyl (C=O) groups is 1. The van der Waals surface area contributed by atoms with E-state index in [2.05, 4.69) is 22.0 Å². The molecule has 1 saturated carbocycles. The topological polar surface area (TPSA) is 78.9 Å². The molecule has 0 saturated heterocycles. The fraction of sp³-hybridized carbons (Fsp3) is 0.286. The van der Waals surface area contributed by atoms with Gasteiger partial charge in [0.1, 0.15) is 11.9 Å². The molecule has 0 radical (unpaired) electrons. The summed E-state index contributed by atoms with van der Waals surface area (Å²) in [4.78, 5) is 23.4. The zero-order valence-corrected chi connectivity index (χ0v) is 23.7. The molecule has 41 heavy (non-hydrogen) atoms. The Morgan fingerprint density at radius 3 is 2.34 bits per heavy atom. The molecule has 2 heterocycles. The minimum absolute atomic E-state index is 0.0368. The second-order valence-corrected chi connectivity index (χ2v) is 10.9. The lowest BCUT2D eigenvalue weighted by atomic mass is 9.71. The molecule has 6 heteroatoms. The van der Waals surface area contributed by atoms with Gasteiger partial charge in [0, 0.05) is 41.3 Å². The molecular formula is C35H39N5O. The van der Waals surface area contributed by atoms with Gasteiger partial charge in [-0.25, -0.2) is 4.98 Å². The molecule has 6 nitrogen and oxygen atoms in total. The highest BCUT2D eigenvalue weighted by Crippen LogP contribution is 2.38. The van der Waals surface area contributed by atoms with Crippen molar-refractivity contribution in [1.82, 2.24) is 15.3 Å².